The number of benzene rings is 1. The molecule has 0 spiro atoms. The van der Waals surface area contributed by atoms with Crippen molar-refractivity contribution in [3.05, 3.63) is 30.5 Å². The molecule has 0 saturated heterocycles. The molecule has 0 radical (unpaired) electrons. The normalized spacial score (nSPS) is 14.5. The molecule has 1 aromatic heterocycles. The molecule has 0 bridgehead atoms. The second-order valence-electron chi connectivity index (χ2n) is 4.93. The number of anilines is 1. The second-order valence-corrected chi connectivity index (χ2v) is 4.93. The van der Waals surface area contributed by atoms with Gasteiger partial charge in [-0.2, -0.15) is 0 Å². The molecular weight excluding hydrogens is 238 g/mol. The molecule has 0 unspecified atom stereocenters. The largest absolute Gasteiger partial charge is 0.388 e. The first-order chi connectivity index (χ1) is 9.24. The van der Waals surface area contributed by atoms with E-state index in [1.165, 1.54) is 12.8 Å². The zero-order chi connectivity index (χ0) is 13.2. The minimum atomic E-state index is 0.214. The van der Waals surface area contributed by atoms with Gasteiger partial charge in [0.1, 0.15) is 0 Å². The molecular formula is C14H17N5. The molecule has 3 rings (SSSR count). The number of nitrogens with two attached hydrogens (primary N) is 1. The van der Waals surface area contributed by atoms with Gasteiger partial charge in [-0.05, 0) is 18.9 Å². The van der Waals surface area contributed by atoms with E-state index in [9.17, 15) is 0 Å². The highest BCUT2D eigenvalue weighted by Gasteiger charge is 2.30. The van der Waals surface area contributed by atoms with Gasteiger partial charge >= 0.3 is 0 Å². The Labute approximate surface area is 112 Å². The van der Waals surface area contributed by atoms with E-state index in [1.54, 1.807) is 0 Å². The molecule has 1 fully saturated rings. The van der Waals surface area contributed by atoms with E-state index in [1.807, 2.05) is 30.5 Å². The summed E-state index contributed by atoms with van der Waals surface area (Å²) in [6.45, 7) is 0.721. The van der Waals surface area contributed by atoms with E-state index < -0.39 is 0 Å². The minimum Gasteiger partial charge on any atom is -0.388 e. The predicted molar refractivity (Wildman–Crippen MR) is 76.4 cm³/mol. The van der Waals surface area contributed by atoms with Crippen LogP contribution < -0.4 is 10.6 Å². The van der Waals surface area contributed by atoms with E-state index in [0.717, 1.165) is 23.4 Å². The second kappa shape index (κ2) is 4.84. The molecule has 3 N–H and O–H groups in total. The van der Waals surface area contributed by atoms with Gasteiger partial charge in [-0.25, -0.2) is 9.97 Å². The van der Waals surface area contributed by atoms with Gasteiger partial charge in [0.2, 0.25) is 5.95 Å². The zero-order valence-electron chi connectivity index (χ0n) is 10.7. The predicted octanol–water partition coefficient (Wildman–Crippen LogP) is 1.92. The molecule has 1 heterocycles. The summed E-state index contributed by atoms with van der Waals surface area (Å²) in [4.78, 5) is 11.2. The van der Waals surface area contributed by atoms with Crippen molar-refractivity contribution in [1.82, 2.24) is 9.97 Å². The standard InChI is InChI=1S/C14H17N5/c15-13(16)7-8-19(11-5-6-11)14-17-9-10-3-1-2-4-12(10)18-14/h1-4,9,11H,5-8H2,(H3,15,16). The van der Waals surface area contributed by atoms with Crippen LogP contribution in [-0.2, 0) is 0 Å². The van der Waals surface area contributed by atoms with Crippen LogP contribution in [0, 0.1) is 5.41 Å². The number of fused-ring (bicyclic) bond motifs is 1. The van der Waals surface area contributed by atoms with Gasteiger partial charge in [-0.1, -0.05) is 18.2 Å². The van der Waals surface area contributed by atoms with Crippen LogP contribution in [0.3, 0.4) is 0 Å². The van der Waals surface area contributed by atoms with Crippen molar-refractivity contribution in [3.8, 4) is 0 Å². The molecule has 1 aliphatic rings. The van der Waals surface area contributed by atoms with Crippen molar-refractivity contribution >= 4 is 22.7 Å². The van der Waals surface area contributed by atoms with E-state index in [0.29, 0.717) is 12.5 Å². The van der Waals surface area contributed by atoms with Crippen LogP contribution in [0.25, 0.3) is 10.9 Å². The lowest BCUT2D eigenvalue weighted by molar-refractivity contribution is 0.766. The number of hydrogen-bond donors (Lipinski definition) is 2. The maximum absolute atomic E-state index is 7.35. The number of rotatable bonds is 5. The van der Waals surface area contributed by atoms with Crippen molar-refractivity contribution in [1.29, 1.82) is 5.41 Å². The molecule has 2 aromatic rings. The first-order valence-electron chi connectivity index (χ1n) is 6.55. The average Bonchev–Trinajstić information content (AvgIpc) is 3.23. The lowest BCUT2D eigenvalue weighted by Gasteiger charge is -2.22. The quantitative estimate of drug-likeness (QED) is 0.632. The number of nitrogens with one attached hydrogen (secondary N) is 1. The van der Waals surface area contributed by atoms with E-state index in [4.69, 9.17) is 11.1 Å². The van der Waals surface area contributed by atoms with Crippen LogP contribution in [-0.4, -0.2) is 28.4 Å². The van der Waals surface area contributed by atoms with Crippen molar-refractivity contribution in [3.63, 3.8) is 0 Å². The fourth-order valence-electron chi connectivity index (χ4n) is 2.17. The Kier molecular flexibility index (Phi) is 3.03. The lowest BCUT2D eigenvalue weighted by atomic mass is 10.2. The van der Waals surface area contributed by atoms with Gasteiger partial charge in [0.05, 0.1) is 11.4 Å². The smallest absolute Gasteiger partial charge is 0.226 e. The molecule has 1 aromatic carbocycles. The third-order valence-corrected chi connectivity index (χ3v) is 3.34. The Balaban J connectivity index is 1.88. The van der Waals surface area contributed by atoms with Crippen LogP contribution in [0.15, 0.2) is 30.5 Å². The number of para-hydroxylation sites is 1. The summed E-state index contributed by atoms with van der Waals surface area (Å²) >= 11 is 0. The molecule has 1 aliphatic carbocycles. The third-order valence-electron chi connectivity index (χ3n) is 3.34. The van der Waals surface area contributed by atoms with E-state index in [2.05, 4.69) is 14.9 Å². The highest BCUT2D eigenvalue weighted by Crippen LogP contribution is 2.30. The average molecular weight is 255 g/mol. The summed E-state index contributed by atoms with van der Waals surface area (Å²) in [5.41, 5.74) is 6.40. The summed E-state index contributed by atoms with van der Waals surface area (Å²) in [6.07, 6.45) is 4.77. The molecule has 0 atom stereocenters. The fourth-order valence-corrected chi connectivity index (χ4v) is 2.17. The van der Waals surface area contributed by atoms with E-state index >= 15 is 0 Å². The fraction of sp³-hybridized carbons (Fsp3) is 0.357. The lowest BCUT2D eigenvalue weighted by Crippen LogP contribution is -2.31. The van der Waals surface area contributed by atoms with Gasteiger partial charge in [0.25, 0.3) is 0 Å². The maximum atomic E-state index is 7.35. The molecule has 1 saturated carbocycles. The molecule has 98 valence electrons. The topological polar surface area (TPSA) is 78.9 Å². The highest BCUT2D eigenvalue weighted by atomic mass is 15.3. The van der Waals surface area contributed by atoms with E-state index in [-0.39, 0.29) is 5.84 Å². The summed E-state index contributed by atoms with van der Waals surface area (Å²) in [5, 5.41) is 8.40. The minimum absolute atomic E-state index is 0.214. The Morgan fingerprint density at radius 3 is 2.89 bits per heavy atom. The number of amidine groups is 1. The first kappa shape index (κ1) is 11.9. The summed E-state index contributed by atoms with van der Waals surface area (Å²) < 4.78 is 0. The summed E-state index contributed by atoms with van der Waals surface area (Å²) in [6, 6.07) is 8.49. The number of aromatic nitrogens is 2. The van der Waals surface area contributed by atoms with Crippen LogP contribution in [0.1, 0.15) is 19.3 Å². The monoisotopic (exact) mass is 255 g/mol. The van der Waals surface area contributed by atoms with Gasteiger partial charge in [0.15, 0.2) is 0 Å². The van der Waals surface area contributed by atoms with Gasteiger partial charge in [0, 0.05) is 30.6 Å². The summed E-state index contributed by atoms with van der Waals surface area (Å²) in [7, 11) is 0. The molecule has 0 amide bonds. The number of nitrogens with zero attached hydrogens (tertiary/aromatic N) is 3. The van der Waals surface area contributed by atoms with Crippen molar-refractivity contribution in [2.75, 3.05) is 11.4 Å². The first-order valence-corrected chi connectivity index (χ1v) is 6.55. The molecule has 5 nitrogen and oxygen atoms in total. The van der Waals surface area contributed by atoms with Crippen LogP contribution >= 0.6 is 0 Å². The molecule has 19 heavy (non-hydrogen) atoms. The summed E-state index contributed by atoms with van der Waals surface area (Å²) in [5.74, 6) is 0.967. The van der Waals surface area contributed by atoms with Crippen LogP contribution in [0.4, 0.5) is 5.95 Å². The third kappa shape index (κ3) is 2.65. The Morgan fingerprint density at radius 2 is 2.16 bits per heavy atom. The Bertz CT molecular complexity index is 606. The van der Waals surface area contributed by atoms with Gasteiger partial charge < -0.3 is 10.6 Å². The Hall–Kier alpha value is -2.17. The number of hydrogen-bond acceptors (Lipinski definition) is 4. The SMILES string of the molecule is N=C(N)CCN(c1ncc2ccccc2n1)C1CC1. The van der Waals surface area contributed by atoms with Crippen molar-refractivity contribution < 1.29 is 0 Å². The highest BCUT2D eigenvalue weighted by molar-refractivity contribution is 5.79. The van der Waals surface area contributed by atoms with Gasteiger partial charge in [-0.3, -0.25) is 5.41 Å². The maximum Gasteiger partial charge on any atom is 0.226 e. The van der Waals surface area contributed by atoms with Gasteiger partial charge in [-0.15, -0.1) is 0 Å². The molecule has 0 aliphatic heterocycles. The van der Waals surface area contributed by atoms with Crippen LogP contribution in [0.2, 0.25) is 0 Å². The molecule has 5 heteroatoms. The van der Waals surface area contributed by atoms with Crippen LogP contribution in [0.5, 0.6) is 0 Å². The zero-order valence-corrected chi connectivity index (χ0v) is 10.7. The van der Waals surface area contributed by atoms with Crippen molar-refractivity contribution in [2.45, 2.75) is 25.3 Å². The van der Waals surface area contributed by atoms with Crippen molar-refractivity contribution in [2.24, 2.45) is 5.73 Å². The Morgan fingerprint density at radius 1 is 1.37 bits per heavy atom.